The Kier molecular flexibility index (Phi) is 5.19. The van der Waals surface area contributed by atoms with Gasteiger partial charge in [-0.2, -0.15) is 5.10 Å². The molecule has 0 bridgehead atoms. The highest BCUT2D eigenvalue weighted by molar-refractivity contribution is 5.74. The fourth-order valence-corrected chi connectivity index (χ4v) is 4.48. The van der Waals surface area contributed by atoms with E-state index in [-0.39, 0.29) is 5.91 Å². The predicted molar refractivity (Wildman–Crippen MR) is 108 cm³/mol. The largest absolute Gasteiger partial charge is 0.338 e. The number of carbonyl (C=O) groups is 1. The third-order valence-corrected chi connectivity index (χ3v) is 6.02. The van der Waals surface area contributed by atoms with Crippen LogP contribution in [0.5, 0.6) is 0 Å². The third-order valence-electron chi connectivity index (χ3n) is 6.02. The maximum atomic E-state index is 11.9. The molecule has 0 saturated heterocycles. The van der Waals surface area contributed by atoms with Crippen LogP contribution in [-0.2, 0) is 24.3 Å². The molecule has 0 radical (unpaired) electrons. The first kappa shape index (κ1) is 18.1. The van der Waals surface area contributed by atoms with Crippen LogP contribution >= 0.6 is 0 Å². The van der Waals surface area contributed by atoms with Gasteiger partial charge < -0.3 is 10.2 Å². The van der Waals surface area contributed by atoms with Crippen molar-refractivity contribution in [2.45, 2.75) is 65.5 Å². The van der Waals surface area contributed by atoms with Gasteiger partial charge in [0.15, 0.2) is 5.82 Å². The van der Waals surface area contributed by atoms with Crippen molar-refractivity contribution < 1.29 is 4.79 Å². The van der Waals surface area contributed by atoms with E-state index in [0.717, 1.165) is 36.9 Å². The Bertz CT molecular complexity index is 820. The second kappa shape index (κ2) is 7.75. The molecular formula is C22H30N4O. The zero-order valence-corrected chi connectivity index (χ0v) is 16.5. The summed E-state index contributed by atoms with van der Waals surface area (Å²) in [5, 5.41) is 8.49. The average Bonchev–Trinajstić information content (AvgIpc) is 2.99. The average molecular weight is 367 g/mol. The van der Waals surface area contributed by atoms with Gasteiger partial charge in [0, 0.05) is 43.4 Å². The van der Waals surface area contributed by atoms with Crippen LogP contribution < -0.4 is 5.32 Å². The van der Waals surface area contributed by atoms with E-state index in [1.807, 2.05) is 4.90 Å². The number of aromatic nitrogens is 2. The lowest BCUT2D eigenvalue weighted by molar-refractivity contribution is -0.129. The van der Waals surface area contributed by atoms with Gasteiger partial charge in [-0.25, -0.2) is 0 Å². The fourth-order valence-electron chi connectivity index (χ4n) is 4.48. The van der Waals surface area contributed by atoms with Crippen molar-refractivity contribution in [3.63, 3.8) is 0 Å². The molecule has 0 spiro atoms. The first-order chi connectivity index (χ1) is 13.1. The smallest absolute Gasteiger partial charge is 0.219 e. The topological polar surface area (TPSA) is 50.2 Å². The highest BCUT2D eigenvalue weighted by Gasteiger charge is 2.27. The van der Waals surface area contributed by atoms with Gasteiger partial charge in [-0.05, 0) is 43.4 Å². The summed E-state index contributed by atoms with van der Waals surface area (Å²) in [6.45, 7) is 6.22. The molecule has 1 aromatic carbocycles. The molecule has 1 aliphatic heterocycles. The van der Waals surface area contributed by atoms with Crippen LogP contribution in [0.4, 0.5) is 11.5 Å². The van der Waals surface area contributed by atoms with E-state index in [1.54, 1.807) is 6.92 Å². The van der Waals surface area contributed by atoms with Crippen molar-refractivity contribution in [2.24, 2.45) is 5.92 Å². The zero-order valence-electron chi connectivity index (χ0n) is 16.5. The second-order valence-corrected chi connectivity index (χ2v) is 8.15. The Labute approximate surface area is 161 Å². The summed E-state index contributed by atoms with van der Waals surface area (Å²) in [7, 11) is 0. The van der Waals surface area contributed by atoms with E-state index in [9.17, 15) is 4.79 Å². The molecule has 27 heavy (non-hydrogen) atoms. The van der Waals surface area contributed by atoms with Crippen molar-refractivity contribution in [2.75, 3.05) is 11.9 Å². The number of benzene rings is 1. The number of anilines is 2. The molecule has 2 aliphatic rings. The minimum Gasteiger partial charge on any atom is -0.338 e. The van der Waals surface area contributed by atoms with Crippen LogP contribution in [0.1, 0.15) is 55.8 Å². The van der Waals surface area contributed by atoms with Crippen molar-refractivity contribution in [3.8, 4) is 0 Å². The molecule has 5 nitrogen and oxygen atoms in total. The summed E-state index contributed by atoms with van der Waals surface area (Å²) in [6.07, 6.45) is 7.59. The van der Waals surface area contributed by atoms with E-state index < -0.39 is 0 Å². The molecule has 2 heterocycles. The Morgan fingerprint density at radius 3 is 2.81 bits per heavy atom. The molecule has 0 unspecified atom stereocenters. The Morgan fingerprint density at radius 2 is 2.07 bits per heavy atom. The molecule has 1 aliphatic carbocycles. The molecule has 144 valence electrons. The van der Waals surface area contributed by atoms with E-state index >= 15 is 0 Å². The normalized spacial score (nSPS) is 17.6. The maximum Gasteiger partial charge on any atom is 0.219 e. The highest BCUT2D eigenvalue weighted by atomic mass is 16.2. The predicted octanol–water partition coefficient (Wildman–Crippen LogP) is 4.42. The zero-order chi connectivity index (χ0) is 18.8. The molecule has 5 heteroatoms. The van der Waals surface area contributed by atoms with Crippen LogP contribution in [0, 0.1) is 12.8 Å². The highest BCUT2D eigenvalue weighted by Crippen LogP contribution is 2.31. The van der Waals surface area contributed by atoms with Crippen LogP contribution in [0.15, 0.2) is 24.3 Å². The number of nitrogens with one attached hydrogen (secondary N) is 1. The van der Waals surface area contributed by atoms with Crippen molar-refractivity contribution >= 4 is 17.4 Å². The van der Waals surface area contributed by atoms with Crippen molar-refractivity contribution in [3.05, 3.63) is 41.1 Å². The van der Waals surface area contributed by atoms with Gasteiger partial charge in [-0.15, -0.1) is 0 Å². The molecule has 1 saturated carbocycles. The SMILES string of the molecule is CC(=O)N1CCc2c(c(Nc3cccc(C)c3)nn2CC2CCCCC2)C1. The lowest BCUT2D eigenvalue weighted by Crippen LogP contribution is -2.35. The van der Waals surface area contributed by atoms with Crippen LogP contribution in [-0.4, -0.2) is 27.1 Å². The molecule has 1 amide bonds. The molecule has 1 N–H and O–H groups in total. The summed E-state index contributed by atoms with van der Waals surface area (Å²) in [6, 6.07) is 8.37. The Balaban J connectivity index is 1.63. The molecular weight excluding hydrogens is 336 g/mol. The first-order valence-corrected chi connectivity index (χ1v) is 10.3. The second-order valence-electron chi connectivity index (χ2n) is 8.15. The van der Waals surface area contributed by atoms with E-state index in [0.29, 0.717) is 6.54 Å². The maximum absolute atomic E-state index is 11.9. The third kappa shape index (κ3) is 4.02. The number of fused-ring (bicyclic) bond motifs is 1. The lowest BCUT2D eigenvalue weighted by atomic mass is 9.89. The number of carbonyl (C=O) groups excluding carboxylic acids is 1. The number of nitrogens with zero attached hydrogens (tertiary/aromatic N) is 3. The number of amides is 1. The van der Waals surface area contributed by atoms with Gasteiger partial charge >= 0.3 is 0 Å². The monoisotopic (exact) mass is 366 g/mol. The van der Waals surface area contributed by atoms with Gasteiger partial charge in [-0.3, -0.25) is 9.48 Å². The van der Waals surface area contributed by atoms with Crippen LogP contribution in [0.25, 0.3) is 0 Å². The van der Waals surface area contributed by atoms with E-state index in [4.69, 9.17) is 5.10 Å². The van der Waals surface area contributed by atoms with Crippen molar-refractivity contribution in [1.82, 2.24) is 14.7 Å². The van der Waals surface area contributed by atoms with Crippen molar-refractivity contribution in [1.29, 1.82) is 0 Å². The van der Waals surface area contributed by atoms with Crippen LogP contribution in [0.3, 0.4) is 0 Å². The summed E-state index contributed by atoms with van der Waals surface area (Å²) in [5.74, 6) is 1.79. The number of hydrogen-bond acceptors (Lipinski definition) is 3. The minimum atomic E-state index is 0.141. The summed E-state index contributed by atoms with van der Waals surface area (Å²) >= 11 is 0. The van der Waals surface area contributed by atoms with E-state index in [1.165, 1.54) is 48.9 Å². The van der Waals surface area contributed by atoms with Gasteiger partial charge in [0.05, 0.1) is 6.54 Å². The quantitative estimate of drug-likeness (QED) is 0.871. The van der Waals surface area contributed by atoms with Gasteiger partial charge in [0.2, 0.25) is 5.91 Å². The van der Waals surface area contributed by atoms with Gasteiger partial charge in [0.1, 0.15) is 0 Å². The molecule has 4 rings (SSSR count). The number of aryl methyl sites for hydroxylation is 1. The lowest BCUT2D eigenvalue weighted by Gasteiger charge is -2.28. The fraction of sp³-hybridized carbons (Fsp3) is 0.545. The summed E-state index contributed by atoms with van der Waals surface area (Å²) < 4.78 is 2.24. The minimum absolute atomic E-state index is 0.141. The standard InChI is InChI=1S/C22H30N4O/c1-16-7-6-10-19(13-16)23-22-20-15-25(17(2)27)12-11-21(20)26(24-22)14-18-8-4-3-5-9-18/h6-7,10,13,18H,3-5,8-9,11-12,14-15H2,1-2H3,(H,23,24). The van der Waals surface area contributed by atoms with Gasteiger partial charge in [-0.1, -0.05) is 31.4 Å². The molecule has 2 aromatic rings. The van der Waals surface area contributed by atoms with Gasteiger partial charge in [0.25, 0.3) is 0 Å². The Hall–Kier alpha value is -2.30. The number of rotatable bonds is 4. The molecule has 0 atom stereocenters. The number of hydrogen-bond donors (Lipinski definition) is 1. The van der Waals surface area contributed by atoms with E-state index in [2.05, 4.69) is 41.2 Å². The molecule has 1 aromatic heterocycles. The van der Waals surface area contributed by atoms with Crippen LogP contribution in [0.2, 0.25) is 0 Å². The summed E-state index contributed by atoms with van der Waals surface area (Å²) in [4.78, 5) is 13.9. The molecule has 1 fully saturated rings. The summed E-state index contributed by atoms with van der Waals surface area (Å²) in [5.41, 5.74) is 4.78. The Morgan fingerprint density at radius 1 is 1.26 bits per heavy atom. The first-order valence-electron chi connectivity index (χ1n) is 10.3.